The minimum Gasteiger partial charge on any atom is -0.393 e. The van der Waals surface area contributed by atoms with Crippen molar-refractivity contribution in [1.82, 2.24) is 19.6 Å². The van der Waals surface area contributed by atoms with E-state index >= 15 is 0 Å². The van der Waals surface area contributed by atoms with Crippen molar-refractivity contribution in [3.8, 4) is 0 Å². The van der Waals surface area contributed by atoms with Crippen LogP contribution in [0.15, 0.2) is 42.6 Å². The van der Waals surface area contributed by atoms with E-state index in [1.54, 1.807) is 4.68 Å². The first kappa shape index (κ1) is 20.1. The molecule has 0 bridgehead atoms. The molecule has 0 unspecified atom stereocenters. The molecule has 2 aromatic rings. The van der Waals surface area contributed by atoms with Crippen LogP contribution >= 0.6 is 0 Å². The van der Waals surface area contributed by atoms with E-state index in [2.05, 4.69) is 22.1 Å². The Morgan fingerprint density at radius 3 is 2.62 bits per heavy atom. The van der Waals surface area contributed by atoms with Gasteiger partial charge in [0.25, 0.3) is 0 Å². The van der Waals surface area contributed by atoms with Gasteiger partial charge in [-0.15, -0.1) is 0 Å². The molecule has 0 spiro atoms. The number of rotatable bonds is 5. The molecule has 2 fully saturated rings. The molecule has 2 atom stereocenters. The highest BCUT2D eigenvalue weighted by Crippen LogP contribution is 2.31. The van der Waals surface area contributed by atoms with Gasteiger partial charge in [-0.05, 0) is 31.4 Å². The van der Waals surface area contributed by atoms with Gasteiger partial charge in [-0.1, -0.05) is 30.3 Å². The first-order valence-corrected chi connectivity index (χ1v) is 10.5. The van der Waals surface area contributed by atoms with Gasteiger partial charge in [0, 0.05) is 32.4 Å². The molecule has 2 saturated heterocycles. The first-order chi connectivity index (χ1) is 14.1. The lowest BCUT2D eigenvalue weighted by Gasteiger charge is -2.44. The summed E-state index contributed by atoms with van der Waals surface area (Å²) in [6.07, 6.45) is 3.15. The molecular weight excluding hydrogens is 368 g/mol. The molecular formula is C22H30N4O3. The summed E-state index contributed by atoms with van der Waals surface area (Å²) in [6, 6.07) is 12.0. The summed E-state index contributed by atoms with van der Waals surface area (Å²) in [5, 5.41) is 14.2. The number of hydrogen-bond acceptors (Lipinski definition) is 5. The number of likely N-dealkylation sites (tertiary alicyclic amines) is 1. The molecule has 0 saturated carbocycles. The Morgan fingerprint density at radius 2 is 1.93 bits per heavy atom. The van der Waals surface area contributed by atoms with E-state index in [9.17, 15) is 9.90 Å². The van der Waals surface area contributed by atoms with Gasteiger partial charge in [-0.25, -0.2) is 0 Å². The number of nitrogens with zero attached hydrogens (tertiary/aromatic N) is 4. The van der Waals surface area contributed by atoms with Gasteiger partial charge in [-0.2, -0.15) is 5.10 Å². The number of aromatic nitrogens is 2. The molecule has 7 heteroatoms. The Balaban J connectivity index is 1.53. The van der Waals surface area contributed by atoms with Crippen molar-refractivity contribution in [1.29, 1.82) is 0 Å². The number of piperidine rings is 1. The molecule has 0 radical (unpaired) electrons. The minimum atomic E-state index is -0.195. The molecule has 3 heterocycles. The van der Waals surface area contributed by atoms with E-state index < -0.39 is 0 Å². The predicted octanol–water partition coefficient (Wildman–Crippen LogP) is 1.62. The van der Waals surface area contributed by atoms with Crippen LogP contribution in [0.25, 0.3) is 0 Å². The van der Waals surface area contributed by atoms with Crippen LogP contribution in [0, 0.1) is 6.92 Å². The van der Waals surface area contributed by atoms with Crippen LogP contribution in [0.4, 0.5) is 0 Å². The van der Waals surface area contributed by atoms with Crippen LogP contribution in [-0.4, -0.2) is 75.6 Å². The third-order valence-electron chi connectivity index (χ3n) is 5.88. The van der Waals surface area contributed by atoms with E-state index in [1.165, 1.54) is 0 Å². The fourth-order valence-corrected chi connectivity index (χ4v) is 4.35. The number of aryl methyl sites for hydroxylation is 1. The maximum atomic E-state index is 13.2. The van der Waals surface area contributed by atoms with Gasteiger partial charge >= 0.3 is 0 Å². The van der Waals surface area contributed by atoms with Crippen LogP contribution < -0.4 is 0 Å². The number of carbonyl (C=O) groups excluding carboxylic acids is 1. The smallest absolute Gasteiger partial charge is 0.244 e. The molecule has 2 aliphatic rings. The summed E-state index contributed by atoms with van der Waals surface area (Å²) >= 11 is 0. The van der Waals surface area contributed by atoms with Crippen LogP contribution in [0.3, 0.4) is 0 Å². The molecule has 7 nitrogen and oxygen atoms in total. The molecule has 4 rings (SSSR count). The quantitative estimate of drug-likeness (QED) is 0.829. The molecule has 29 heavy (non-hydrogen) atoms. The van der Waals surface area contributed by atoms with E-state index in [1.807, 2.05) is 42.3 Å². The molecule has 2 aliphatic heterocycles. The molecule has 156 valence electrons. The predicted molar refractivity (Wildman–Crippen MR) is 109 cm³/mol. The van der Waals surface area contributed by atoms with E-state index in [0.717, 1.165) is 43.7 Å². The average Bonchev–Trinajstić information content (AvgIpc) is 3.14. The Hall–Kier alpha value is -2.22. The SMILES string of the molecule is Cc1ccn(CC(=O)N2CCO[C@@H](CN3CCC(O)CC3)[C@@H]2c2ccccc2)n1. The number of aliphatic hydroxyl groups is 1. The lowest BCUT2D eigenvalue weighted by Crippen LogP contribution is -2.53. The number of carbonyl (C=O) groups is 1. The second-order valence-corrected chi connectivity index (χ2v) is 8.04. The largest absolute Gasteiger partial charge is 0.393 e. The lowest BCUT2D eigenvalue weighted by molar-refractivity contribution is -0.149. The van der Waals surface area contributed by atoms with E-state index in [0.29, 0.717) is 13.2 Å². The van der Waals surface area contributed by atoms with Crippen molar-refractivity contribution in [2.75, 3.05) is 32.8 Å². The van der Waals surface area contributed by atoms with Crippen molar-refractivity contribution in [3.63, 3.8) is 0 Å². The van der Waals surface area contributed by atoms with Crippen molar-refractivity contribution in [2.24, 2.45) is 0 Å². The van der Waals surface area contributed by atoms with Crippen LogP contribution in [-0.2, 0) is 16.1 Å². The third kappa shape index (κ3) is 4.86. The third-order valence-corrected chi connectivity index (χ3v) is 5.88. The highest BCUT2D eigenvalue weighted by Gasteiger charge is 2.37. The molecule has 1 amide bonds. The Bertz CT molecular complexity index is 801. The number of hydrogen-bond donors (Lipinski definition) is 1. The molecule has 1 aromatic carbocycles. The van der Waals surface area contributed by atoms with Gasteiger partial charge in [0.15, 0.2) is 0 Å². The summed E-state index contributed by atoms with van der Waals surface area (Å²) in [5.41, 5.74) is 2.00. The van der Waals surface area contributed by atoms with Crippen molar-refractivity contribution < 1.29 is 14.6 Å². The number of morpholine rings is 1. The second kappa shape index (κ2) is 9.07. The zero-order valence-electron chi connectivity index (χ0n) is 17.0. The molecule has 1 N–H and O–H groups in total. The topological polar surface area (TPSA) is 70.8 Å². The maximum absolute atomic E-state index is 13.2. The number of aliphatic hydroxyl groups excluding tert-OH is 1. The fourth-order valence-electron chi connectivity index (χ4n) is 4.35. The van der Waals surface area contributed by atoms with Crippen LogP contribution in [0.2, 0.25) is 0 Å². The van der Waals surface area contributed by atoms with Crippen molar-refractivity contribution >= 4 is 5.91 Å². The highest BCUT2D eigenvalue weighted by atomic mass is 16.5. The van der Waals surface area contributed by atoms with Gasteiger partial charge in [0.1, 0.15) is 6.54 Å². The van der Waals surface area contributed by atoms with E-state index in [-0.39, 0.29) is 30.7 Å². The lowest BCUT2D eigenvalue weighted by atomic mass is 9.96. The monoisotopic (exact) mass is 398 g/mol. The molecule has 1 aromatic heterocycles. The summed E-state index contributed by atoms with van der Waals surface area (Å²) < 4.78 is 7.89. The summed E-state index contributed by atoms with van der Waals surface area (Å²) in [5.74, 6) is 0.0596. The number of ether oxygens (including phenoxy) is 1. The van der Waals surface area contributed by atoms with E-state index in [4.69, 9.17) is 4.74 Å². The summed E-state index contributed by atoms with van der Waals surface area (Å²) in [7, 11) is 0. The normalized spacial score (nSPS) is 24.0. The standard InChI is InChI=1S/C22H30N4O3/c1-17-7-12-25(23-17)16-21(28)26-13-14-29-20(15-24-10-8-19(27)9-11-24)22(26)18-5-3-2-4-6-18/h2-7,12,19-20,22,27H,8-11,13-16H2,1H3/t20-,22-/m0/s1. The average molecular weight is 399 g/mol. The number of benzene rings is 1. The zero-order valence-corrected chi connectivity index (χ0v) is 17.0. The summed E-state index contributed by atoms with van der Waals surface area (Å²) in [6.45, 7) is 5.76. The van der Waals surface area contributed by atoms with Crippen LogP contribution in [0.5, 0.6) is 0 Å². The first-order valence-electron chi connectivity index (χ1n) is 10.5. The van der Waals surface area contributed by atoms with Crippen molar-refractivity contribution in [2.45, 2.75) is 44.6 Å². The molecule has 0 aliphatic carbocycles. The van der Waals surface area contributed by atoms with Crippen molar-refractivity contribution in [3.05, 3.63) is 53.9 Å². The van der Waals surface area contributed by atoms with Crippen LogP contribution in [0.1, 0.15) is 30.1 Å². The zero-order chi connectivity index (χ0) is 20.2. The second-order valence-electron chi connectivity index (χ2n) is 8.04. The number of amides is 1. The van der Waals surface area contributed by atoms with Gasteiger partial charge in [0.2, 0.25) is 5.91 Å². The fraction of sp³-hybridized carbons (Fsp3) is 0.545. The van der Waals surface area contributed by atoms with Gasteiger partial charge in [-0.3, -0.25) is 9.48 Å². The highest BCUT2D eigenvalue weighted by molar-refractivity contribution is 5.76. The summed E-state index contributed by atoms with van der Waals surface area (Å²) in [4.78, 5) is 17.5. The maximum Gasteiger partial charge on any atom is 0.244 e. The van der Waals surface area contributed by atoms with Gasteiger partial charge < -0.3 is 19.6 Å². The minimum absolute atomic E-state index is 0.0596. The Labute approximate surface area is 171 Å². The Morgan fingerprint density at radius 1 is 1.17 bits per heavy atom. The van der Waals surface area contributed by atoms with Gasteiger partial charge in [0.05, 0.1) is 30.6 Å². The Kier molecular flexibility index (Phi) is 6.28.